The fourth-order valence-electron chi connectivity index (χ4n) is 1.37. The summed E-state index contributed by atoms with van der Waals surface area (Å²) >= 11 is 0. The second-order valence-electron chi connectivity index (χ2n) is 3.44. The van der Waals surface area contributed by atoms with Crippen molar-refractivity contribution in [3.8, 4) is 11.8 Å². The maximum Gasteiger partial charge on any atom is 0.202 e. The fourth-order valence-corrected chi connectivity index (χ4v) is 1.37. The van der Waals surface area contributed by atoms with E-state index >= 15 is 0 Å². The van der Waals surface area contributed by atoms with Crippen LogP contribution in [0.15, 0.2) is 0 Å². The van der Waals surface area contributed by atoms with Gasteiger partial charge < -0.3 is 4.74 Å². The molecule has 0 saturated carbocycles. The van der Waals surface area contributed by atoms with E-state index in [1.54, 1.807) is 0 Å². The van der Waals surface area contributed by atoms with Gasteiger partial charge >= 0.3 is 0 Å². The molecule has 0 aromatic rings. The fraction of sp³-hybridized carbons (Fsp3) is 0.700. The number of carbonyl (C=O) groups excluding carboxylic acids is 1. The van der Waals surface area contributed by atoms with Crippen molar-refractivity contribution in [1.29, 1.82) is 0 Å². The lowest BCUT2D eigenvalue weighted by atomic mass is 10.1. The van der Waals surface area contributed by atoms with Crippen LogP contribution in [0.2, 0.25) is 0 Å². The summed E-state index contributed by atoms with van der Waals surface area (Å²) in [5.41, 5.74) is -0.522. The van der Waals surface area contributed by atoms with Gasteiger partial charge in [-0.15, -0.1) is 0 Å². The average molecular weight is 181 g/mol. The highest BCUT2D eigenvalue weighted by Crippen LogP contribution is 2.26. The Labute approximate surface area is 79.1 Å². The van der Waals surface area contributed by atoms with Crippen LogP contribution in [-0.4, -0.2) is 37.1 Å². The van der Waals surface area contributed by atoms with Gasteiger partial charge in [-0.3, -0.25) is 9.69 Å². The van der Waals surface area contributed by atoms with E-state index in [2.05, 4.69) is 11.8 Å². The highest BCUT2D eigenvalue weighted by Gasteiger charge is 2.35. The molecule has 1 aliphatic rings. The maximum atomic E-state index is 10.7. The predicted octanol–water partition coefficient (Wildman–Crippen LogP) is 0.647. The number of nitrogens with zero attached hydrogens (tertiary/aromatic N) is 1. The molecule has 13 heavy (non-hydrogen) atoms. The molecular weight excluding hydrogens is 166 g/mol. The summed E-state index contributed by atoms with van der Waals surface area (Å²) in [5.74, 6) is 5.34. The molecule has 0 radical (unpaired) electrons. The van der Waals surface area contributed by atoms with E-state index in [9.17, 15) is 4.79 Å². The van der Waals surface area contributed by atoms with E-state index in [0.717, 1.165) is 19.4 Å². The molecule has 1 fully saturated rings. The number of carbonyl (C=O) groups is 1. The molecule has 0 aromatic carbocycles. The Morgan fingerprint density at radius 2 is 2.23 bits per heavy atom. The van der Waals surface area contributed by atoms with Crippen molar-refractivity contribution >= 4 is 5.78 Å². The second kappa shape index (κ2) is 3.91. The van der Waals surface area contributed by atoms with Gasteiger partial charge in [0.15, 0.2) is 5.72 Å². The summed E-state index contributed by atoms with van der Waals surface area (Å²) in [7, 11) is 3.83. The van der Waals surface area contributed by atoms with Crippen molar-refractivity contribution in [3.63, 3.8) is 0 Å². The molecule has 3 heteroatoms. The summed E-state index contributed by atoms with van der Waals surface area (Å²) in [6, 6.07) is 0. The monoisotopic (exact) mass is 181 g/mol. The highest BCUT2D eigenvalue weighted by atomic mass is 16.5. The molecule has 0 aromatic heterocycles. The Bertz CT molecular complexity index is 254. The van der Waals surface area contributed by atoms with E-state index < -0.39 is 5.72 Å². The SMILES string of the molecule is CC(=O)C#CC1(N(C)C)CCCO1. The molecule has 1 aliphatic heterocycles. The first-order valence-electron chi connectivity index (χ1n) is 4.42. The van der Waals surface area contributed by atoms with Gasteiger partial charge in [-0.1, -0.05) is 0 Å². The van der Waals surface area contributed by atoms with Crippen molar-refractivity contribution in [2.24, 2.45) is 0 Å². The molecule has 0 amide bonds. The third kappa shape index (κ3) is 2.30. The van der Waals surface area contributed by atoms with Crippen molar-refractivity contribution < 1.29 is 9.53 Å². The van der Waals surface area contributed by atoms with E-state index in [4.69, 9.17) is 4.74 Å². The van der Waals surface area contributed by atoms with Crippen LogP contribution >= 0.6 is 0 Å². The van der Waals surface area contributed by atoms with Gasteiger partial charge in [-0.2, -0.15) is 0 Å². The molecule has 0 bridgehead atoms. The summed E-state index contributed by atoms with van der Waals surface area (Å²) in [6.07, 6.45) is 1.88. The normalized spacial score (nSPS) is 27.1. The van der Waals surface area contributed by atoms with E-state index in [0.29, 0.717) is 0 Å². The molecule has 1 unspecified atom stereocenters. The van der Waals surface area contributed by atoms with Gasteiger partial charge in [0.25, 0.3) is 0 Å². The minimum Gasteiger partial charge on any atom is -0.349 e. The highest BCUT2D eigenvalue weighted by molar-refractivity contribution is 5.93. The molecule has 0 aliphatic carbocycles. The van der Waals surface area contributed by atoms with Crippen LogP contribution in [0.4, 0.5) is 0 Å². The number of ether oxygens (including phenoxy) is 1. The van der Waals surface area contributed by atoms with Crippen LogP contribution in [0, 0.1) is 11.8 Å². The standard InChI is InChI=1S/C10H15NO2/c1-9(12)5-7-10(11(2)3)6-4-8-13-10/h4,6,8H2,1-3H3. The van der Waals surface area contributed by atoms with Gasteiger partial charge in [-0.05, 0) is 32.4 Å². The van der Waals surface area contributed by atoms with Gasteiger partial charge in [0.2, 0.25) is 5.78 Å². The number of hydrogen-bond acceptors (Lipinski definition) is 3. The van der Waals surface area contributed by atoms with Crippen LogP contribution < -0.4 is 0 Å². The van der Waals surface area contributed by atoms with E-state index in [1.165, 1.54) is 6.92 Å². The Balaban J connectivity index is 2.81. The molecule has 72 valence electrons. The average Bonchev–Trinajstić information content (AvgIpc) is 2.50. The first-order chi connectivity index (χ1) is 6.07. The Morgan fingerprint density at radius 3 is 2.62 bits per heavy atom. The summed E-state index contributed by atoms with van der Waals surface area (Å²) in [6.45, 7) is 2.19. The Morgan fingerprint density at radius 1 is 1.54 bits per heavy atom. The van der Waals surface area contributed by atoms with Crippen molar-refractivity contribution in [1.82, 2.24) is 4.90 Å². The smallest absolute Gasteiger partial charge is 0.202 e. The first kappa shape index (κ1) is 10.2. The van der Waals surface area contributed by atoms with Gasteiger partial charge in [0.1, 0.15) is 0 Å². The molecule has 0 spiro atoms. The lowest BCUT2D eigenvalue weighted by Gasteiger charge is -2.29. The molecule has 1 rings (SSSR count). The van der Waals surface area contributed by atoms with Crippen LogP contribution in [-0.2, 0) is 9.53 Å². The van der Waals surface area contributed by atoms with Crippen molar-refractivity contribution in [2.75, 3.05) is 20.7 Å². The molecular formula is C10H15NO2. The number of hydrogen-bond donors (Lipinski definition) is 0. The molecule has 0 N–H and O–H groups in total. The zero-order valence-electron chi connectivity index (χ0n) is 8.39. The van der Waals surface area contributed by atoms with Gasteiger partial charge in [0, 0.05) is 13.3 Å². The van der Waals surface area contributed by atoms with Gasteiger partial charge in [0.05, 0.1) is 6.61 Å². The zero-order valence-corrected chi connectivity index (χ0v) is 8.39. The van der Waals surface area contributed by atoms with Crippen molar-refractivity contribution in [3.05, 3.63) is 0 Å². The van der Waals surface area contributed by atoms with Crippen molar-refractivity contribution in [2.45, 2.75) is 25.5 Å². The Kier molecular flexibility index (Phi) is 3.07. The zero-order chi connectivity index (χ0) is 9.90. The van der Waals surface area contributed by atoms with Crippen LogP contribution in [0.1, 0.15) is 19.8 Å². The van der Waals surface area contributed by atoms with E-state index in [1.807, 2.05) is 19.0 Å². The number of Topliss-reactive ketones (excluding diaryl/α,β-unsaturated/α-hetero) is 1. The summed E-state index contributed by atoms with van der Waals surface area (Å²) in [4.78, 5) is 12.6. The second-order valence-corrected chi connectivity index (χ2v) is 3.44. The van der Waals surface area contributed by atoms with Crippen LogP contribution in [0.5, 0.6) is 0 Å². The quantitative estimate of drug-likeness (QED) is 0.439. The van der Waals surface area contributed by atoms with Gasteiger partial charge in [-0.25, -0.2) is 0 Å². The molecule has 1 heterocycles. The molecule has 3 nitrogen and oxygen atoms in total. The summed E-state index contributed by atoms with van der Waals surface area (Å²) < 4.78 is 5.55. The third-order valence-corrected chi connectivity index (χ3v) is 2.16. The third-order valence-electron chi connectivity index (χ3n) is 2.16. The minimum atomic E-state index is -0.522. The molecule has 1 saturated heterocycles. The number of ketones is 1. The predicted molar refractivity (Wildman–Crippen MR) is 50.1 cm³/mol. The lowest BCUT2D eigenvalue weighted by Crippen LogP contribution is -2.42. The van der Waals surface area contributed by atoms with Crippen LogP contribution in [0.25, 0.3) is 0 Å². The lowest BCUT2D eigenvalue weighted by molar-refractivity contribution is -0.112. The van der Waals surface area contributed by atoms with E-state index in [-0.39, 0.29) is 5.78 Å². The molecule has 1 atom stereocenters. The topological polar surface area (TPSA) is 29.5 Å². The largest absolute Gasteiger partial charge is 0.349 e. The maximum absolute atomic E-state index is 10.7. The minimum absolute atomic E-state index is 0.114. The Hall–Kier alpha value is -0.850. The first-order valence-corrected chi connectivity index (χ1v) is 4.42. The van der Waals surface area contributed by atoms with Crippen LogP contribution in [0.3, 0.4) is 0 Å². The number of rotatable bonds is 1. The summed E-state index contributed by atoms with van der Waals surface area (Å²) in [5, 5.41) is 0.